The Kier molecular flexibility index (Phi) is 4.57. The van der Waals surface area contributed by atoms with Crippen LogP contribution in [0.1, 0.15) is 5.69 Å². The summed E-state index contributed by atoms with van der Waals surface area (Å²) < 4.78 is 7.47. The Morgan fingerprint density at radius 2 is 2.00 bits per heavy atom. The molecule has 2 saturated heterocycles. The van der Waals surface area contributed by atoms with Crippen molar-refractivity contribution in [3.63, 3.8) is 0 Å². The maximum Gasteiger partial charge on any atom is 0.234 e. The highest BCUT2D eigenvalue weighted by atomic mass is 32.2. The molecule has 5 heterocycles. The first kappa shape index (κ1) is 18.7. The fourth-order valence-electron chi connectivity index (χ4n) is 4.33. The SMILES string of the molecule is O=C1NCC2C=C(c3cnc(Nc4ccc(N5CCOCC5)cc4)c4nccn34)SC12. The number of ether oxygens (including phenoxy) is 1. The number of imidazole rings is 1. The summed E-state index contributed by atoms with van der Waals surface area (Å²) in [5.41, 5.74) is 3.89. The molecular weight excluding hydrogens is 412 g/mol. The number of morpholine rings is 1. The third-order valence-corrected chi connectivity index (χ3v) is 7.38. The maximum absolute atomic E-state index is 12.0. The van der Waals surface area contributed by atoms with Crippen LogP contribution in [0.4, 0.5) is 17.2 Å². The quantitative estimate of drug-likeness (QED) is 0.653. The number of carbonyl (C=O) groups excluding carboxylic acids is 1. The Labute approximate surface area is 183 Å². The van der Waals surface area contributed by atoms with Gasteiger partial charge in [-0.3, -0.25) is 9.20 Å². The van der Waals surface area contributed by atoms with Crippen LogP contribution in [-0.2, 0) is 9.53 Å². The summed E-state index contributed by atoms with van der Waals surface area (Å²) >= 11 is 1.61. The number of benzene rings is 1. The second-order valence-electron chi connectivity index (χ2n) is 7.86. The molecule has 3 aliphatic heterocycles. The van der Waals surface area contributed by atoms with Crippen LogP contribution in [0.3, 0.4) is 0 Å². The summed E-state index contributed by atoms with van der Waals surface area (Å²) in [6.07, 6.45) is 7.76. The molecule has 158 valence electrons. The molecule has 1 amide bonds. The van der Waals surface area contributed by atoms with Crippen molar-refractivity contribution in [1.29, 1.82) is 0 Å². The number of nitrogens with zero attached hydrogens (tertiary/aromatic N) is 4. The summed E-state index contributed by atoms with van der Waals surface area (Å²) in [5, 5.41) is 6.30. The van der Waals surface area contributed by atoms with Crippen LogP contribution >= 0.6 is 11.8 Å². The Balaban J connectivity index is 1.25. The Morgan fingerprint density at radius 3 is 2.81 bits per heavy atom. The molecule has 0 bridgehead atoms. The largest absolute Gasteiger partial charge is 0.378 e. The summed E-state index contributed by atoms with van der Waals surface area (Å²) in [4.78, 5) is 24.6. The van der Waals surface area contributed by atoms with E-state index in [0.29, 0.717) is 12.4 Å². The van der Waals surface area contributed by atoms with Gasteiger partial charge in [0.15, 0.2) is 11.5 Å². The number of fused-ring (bicyclic) bond motifs is 2. The van der Waals surface area contributed by atoms with E-state index in [1.807, 2.05) is 16.8 Å². The molecule has 3 aliphatic rings. The number of hydrogen-bond donors (Lipinski definition) is 2. The van der Waals surface area contributed by atoms with Crippen LogP contribution < -0.4 is 15.5 Å². The number of thioether (sulfide) groups is 1. The molecule has 6 rings (SSSR count). The highest BCUT2D eigenvalue weighted by Crippen LogP contribution is 2.44. The van der Waals surface area contributed by atoms with Gasteiger partial charge in [-0.1, -0.05) is 6.08 Å². The van der Waals surface area contributed by atoms with Crippen molar-refractivity contribution in [2.75, 3.05) is 43.1 Å². The van der Waals surface area contributed by atoms with E-state index in [9.17, 15) is 4.79 Å². The van der Waals surface area contributed by atoms with Crippen molar-refractivity contribution >= 4 is 45.4 Å². The van der Waals surface area contributed by atoms with E-state index >= 15 is 0 Å². The van der Waals surface area contributed by atoms with E-state index in [4.69, 9.17) is 4.74 Å². The van der Waals surface area contributed by atoms with Crippen molar-refractivity contribution in [3.8, 4) is 0 Å². The Morgan fingerprint density at radius 1 is 1.16 bits per heavy atom. The van der Waals surface area contributed by atoms with Gasteiger partial charge in [0.05, 0.1) is 30.4 Å². The zero-order valence-corrected chi connectivity index (χ0v) is 17.6. The lowest BCUT2D eigenvalue weighted by Gasteiger charge is -2.28. The molecule has 0 radical (unpaired) electrons. The van der Waals surface area contributed by atoms with E-state index < -0.39 is 0 Å². The third kappa shape index (κ3) is 3.34. The number of nitrogens with one attached hydrogen (secondary N) is 2. The smallest absolute Gasteiger partial charge is 0.234 e. The molecular formula is C22H22N6O2S. The van der Waals surface area contributed by atoms with E-state index in [2.05, 4.69) is 55.8 Å². The predicted molar refractivity (Wildman–Crippen MR) is 122 cm³/mol. The van der Waals surface area contributed by atoms with Crippen molar-refractivity contribution in [1.82, 2.24) is 19.7 Å². The molecule has 31 heavy (non-hydrogen) atoms. The predicted octanol–water partition coefficient (Wildman–Crippen LogP) is 2.51. The van der Waals surface area contributed by atoms with Crippen molar-refractivity contribution in [2.45, 2.75) is 5.25 Å². The minimum absolute atomic E-state index is 0.0312. The number of rotatable bonds is 4. The molecule has 9 heteroatoms. The van der Waals surface area contributed by atoms with Crippen LogP contribution in [0.5, 0.6) is 0 Å². The lowest BCUT2D eigenvalue weighted by Crippen LogP contribution is -2.36. The normalized spacial score (nSPS) is 23.0. The van der Waals surface area contributed by atoms with Crippen LogP contribution in [-0.4, -0.2) is 58.4 Å². The lowest BCUT2D eigenvalue weighted by molar-refractivity contribution is -0.118. The van der Waals surface area contributed by atoms with E-state index in [-0.39, 0.29) is 17.1 Å². The molecule has 2 aromatic heterocycles. The van der Waals surface area contributed by atoms with E-state index in [0.717, 1.165) is 48.2 Å². The topological polar surface area (TPSA) is 83.8 Å². The highest BCUT2D eigenvalue weighted by Gasteiger charge is 2.40. The number of carbonyl (C=O) groups is 1. The fraction of sp³-hybridized carbons (Fsp3) is 0.318. The zero-order valence-electron chi connectivity index (χ0n) is 16.8. The number of anilines is 3. The van der Waals surface area contributed by atoms with Gasteiger partial charge in [-0.05, 0) is 24.3 Å². The Bertz CT molecular complexity index is 1170. The second-order valence-corrected chi connectivity index (χ2v) is 9.05. The first-order valence-electron chi connectivity index (χ1n) is 10.4. The summed E-state index contributed by atoms with van der Waals surface area (Å²) in [7, 11) is 0. The molecule has 0 saturated carbocycles. The number of amides is 1. The van der Waals surface area contributed by atoms with E-state index in [1.54, 1.807) is 18.0 Å². The third-order valence-electron chi connectivity index (χ3n) is 5.97. The molecule has 2 unspecified atom stereocenters. The monoisotopic (exact) mass is 434 g/mol. The van der Waals surface area contributed by atoms with Gasteiger partial charge in [0, 0.05) is 54.2 Å². The standard InChI is InChI=1S/C22H22N6O2S/c29-22-19-14(12-25-22)11-18(31-19)17-13-24-20(21-23-5-6-28(17)21)26-15-1-3-16(4-2-15)27-7-9-30-10-8-27/h1-6,11,13-14,19H,7-10,12H2,(H,24,26)(H,25,29). The highest BCUT2D eigenvalue weighted by molar-refractivity contribution is 8.09. The van der Waals surface area contributed by atoms with Crippen LogP contribution in [0, 0.1) is 5.92 Å². The minimum atomic E-state index is -0.0312. The zero-order chi connectivity index (χ0) is 20.8. The second kappa shape index (κ2) is 7.58. The van der Waals surface area contributed by atoms with Crippen molar-refractivity contribution < 1.29 is 9.53 Å². The van der Waals surface area contributed by atoms with Gasteiger partial charge in [0.1, 0.15) is 0 Å². The van der Waals surface area contributed by atoms with Gasteiger partial charge in [-0.25, -0.2) is 9.97 Å². The average Bonchev–Trinajstić information content (AvgIpc) is 3.53. The van der Waals surface area contributed by atoms with Crippen molar-refractivity contribution in [2.24, 2.45) is 5.92 Å². The van der Waals surface area contributed by atoms with Crippen LogP contribution in [0.2, 0.25) is 0 Å². The molecule has 0 spiro atoms. The summed E-state index contributed by atoms with van der Waals surface area (Å²) in [6.45, 7) is 4.09. The molecule has 2 atom stereocenters. The average molecular weight is 435 g/mol. The van der Waals surface area contributed by atoms with Crippen molar-refractivity contribution in [3.05, 3.63) is 54.6 Å². The Hall–Kier alpha value is -3.04. The van der Waals surface area contributed by atoms with Crippen LogP contribution in [0.15, 0.2) is 48.9 Å². The number of hydrogen-bond acceptors (Lipinski definition) is 7. The lowest BCUT2D eigenvalue weighted by atomic mass is 10.1. The summed E-state index contributed by atoms with van der Waals surface area (Å²) in [5.74, 6) is 1.07. The van der Waals surface area contributed by atoms with Gasteiger partial charge in [0.25, 0.3) is 0 Å². The van der Waals surface area contributed by atoms with Gasteiger partial charge in [-0.2, -0.15) is 0 Å². The molecule has 8 nitrogen and oxygen atoms in total. The molecule has 2 N–H and O–H groups in total. The molecule has 2 fully saturated rings. The minimum Gasteiger partial charge on any atom is -0.378 e. The van der Waals surface area contributed by atoms with Crippen LogP contribution in [0.25, 0.3) is 10.6 Å². The van der Waals surface area contributed by atoms with E-state index in [1.165, 1.54) is 5.69 Å². The molecule has 1 aromatic carbocycles. The maximum atomic E-state index is 12.0. The fourth-order valence-corrected chi connectivity index (χ4v) is 5.67. The molecule has 0 aliphatic carbocycles. The van der Waals surface area contributed by atoms with Gasteiger partial charge >= 0.3 is 0 Å². The summed E-state index contributed by atoms with van der Waals surface area (Å²) in [6, 6.07) is 8.37. The first-order chi connectivity index (χ1) is 15.3. The van der Waals surface area contributed by atoms with Gasteiger partial charge < -0.3 is 20.3 Å². The van der Waals surface area contributed by atoms with Gasteiger partial charge in [-0.15, -0.1) is 11.8 Å². The van der Waals surface area contributed by atoms with Gasteiger partial charge in [0.2, 0.25) is 5.91 Å². The first-order valence-corrected chi connectivity index (χ1v) is 11.3. The number of aromatic nitrogens is 3. The molecule has 3 aromatic rings.